The van der Waals surface area contributed by atoms with E-state index in [-0.39, 0.29) is 23.2 Å². The van der Waals surface area contributed by atoms with Gasteiger partial charge in [0.1, 0.15) is 11.5 Å². The van der Waals surface area contributed by atoms with E-state index in [0.717, 1.165) is 0 Å². The van der Waals surface area contributed by atoms with E-state index in [1.54, 1.807) is 35.1 Å². The topological polar surface area (TPSA) is 59.3 Å². The number of rotatable bonds is 3. The Hall–Kier alpha value is -2.47. The summed E-state index contributed by atoms with van der Waals surface area (Å²) in [4.78, 5) is 20.2. The van der Waals surface area contributed by atoms with Gasteiger partial charge < -0.3 is 5.32 Å². The quantitative estimate of drug-likeness (QED) is 0.808. The molecule has 0 unspecified atom stereocenters. The Labute approximate surface area is 124 Å². The summed E-state index contributed by atoms with van der Waals surface area (Å²) in [5.41, 5.74) is 0.971. The SMILES string of the molecule is O=C(NCc1ccc(F)c(Cl)c1)c1cn2cccnc2n1. The monoisotopic (exact) mass is 304 g/mol. The summed E-state index contributed by atoms with van der Waals surface area (Å²) in [7, 11) is 0. The molecule has 106 valence electrons. The Morgan fingerprint density at radius 1 is 1.43 bits per heavy atom. The molecule has 0 aliphatic carbocycles. The molecule has 21 heavy (non-hydrogen) atoms. The third kappa shape index (κ3) is 2.85. The van der Waals surface area contributed by atoms with Gasteiger partial charge in [0, 0.05) is 25.1 Å². The lowest BCUT2D eigenvalue weighted by Gasteiger charge is -2.04. The summed E-state index contributed by atoms with van der Waals surface area (Å²) in [5.74, 6) is -0.369. The normalized spacial score (nSPS) is 10.8. The average molecular weight is 305 g/mol. The van der Waals surface area contributed by atoms with Crippen LogP contribution in [0.1, 0.15) is 16.1 Å². The maximum atomic E-state index is 13.0. The third-order valence-electron chi connectivity index (χ3n) is 2.91. The van der Waals surface area contributed by atoms with Gasteiger partial charge in [-0.05, 0) is 23.8 Å². The molecule has 0 radical (unpaired) electrons. The lowest BCUT2D eigenvalue weighted by molar-refractivity contribution is 0.0946. The van der Waals surface area contributed by atoms with Crippen molar-refractivity contribution >= 4 is 23.3 Å². The fourth-order valence-corrected chi connectivity index (χ4v) is 2.06. The third-order valence-corrected chi connectivity index (χ3v) is 3.19. The highest BCUT2D eigenvalue weighted by Gasteiger charge is 2.11. The molecular weight excluding hydrogens is 295 g/mol. The zero-order valence-electron chi connectivity index (χ0n) is 10.8. The lowest BCUT2D eigenvalue weighted by Crippen LogP contribution is -2.23. The van der Waals surface area contributed by atoms with Crippen LogP contribution in [0, 0.1) is 5.82 Å². The first-order valence-electron chi connectivity index (χ1n) is 6.15. The van der Waals surface area contributed by atoms with Crippen LogP contribution < -0.4 is 5.32 Å². The standard InChI is InChI=1S/C14H10ClFN4O/c15-10-6-9(2-3-11(10)16)7-18-13(21)12-8-20-5-1-4-17-14(20)19-12/h1-6,8H,7H2,(H,18,21). The van der Waals surface area contributed by atoms with Crippen molar-refractivity contribution in [1.82, 2.24) is 19.7 Å². The molecule has 1 N–H and O–H groups in total. The van der Waals surface area contributed by atoms with Crippen molar-refractivity contribution in [2.24, 2.45) is 0 Å². The van der Waals surface area contributed by atoms with Gasteiger partial charge in [0.05, 0.1) is 5.02 Å². The van der Waals surface area contributed by atoms with Crippen molar-refractivity contribution in [2.75, 3.05) is 0 Å². The van der Waals surface area contributed by atoms with E-state index in [9.17, 15) is 9.18 Å². The number of aromatic nitrogens is 3. The first kappa shape index (κ1) is 13.5. The van der Waals surface area contributed by atoms with Crippen LogP contribution in [-0.4, -0.2) is 20.3 Å². The summed E-state index contributed by atoms with van der Waals surface area (Å²) in [5, 5.41) is 2.73. The zero-order valence-corrected chi connectivity index (χ0v) is 11.5. The predicted molar refractivity (Wildman–Crippen MR) is 75.6 cm³/mol. The van der Waals surface area contributed by atoms with Gasteiger partial charge in [0.2, 0.25) is 5.78 Å². The molecule has 0 fully saturated rings. The molecule has 3 aromatic rings. The second-order valence-electron chi connectivity index (χ2n) is 4.38. The van der Waals surface area contributed by atoms with Crippen LogP contribution in [-0.2, 0) is 6.54 Å². The van der Waals surface area contributed by atoms with Gasteiger partial charge in [-0.3, -0.25) is 9.20 Å². The van der Waals surface area contributed by atoms with Crippen molar-refractivity contribution in [3.63, 3.8) is 0 Å². The van der Waals surface area contributed by atoms with Gasteiger partial charge in [-0.25, -0.2) is 14.4 Å². The molecule has 1 aromatic carbocycles. The minimum atomic E-state index is -0.488. The van der Waals surface area contributed by atoms with Gasteiger partial charge in [-0.2, -0.15) is 0 Å². The number of carbonyl (C=O) groups is 1. The smallest absolute Gasteiger partial charge is 0.271 e. The van der Waals surface area contributed by atoms with Crippen molar-refractivity contribution in [3.05, 3.63) is 65.0 Å². The Kier molecular flexibility index (Phi) is 3.53. The molecule has 0 aliphatic heterocycles. The van der Waals surface area contributed by atoms with Gasteiger partial charge >= 0.3 is 0 Å². The van der Waals surface area contributed by atoms with E-state index in [2.05, 4.69) is 15.3 Å². The minimum Gasteiger partial charge on any atom is -0.347 e. The second kappa shape index (κ2) is 5.49. The van der Waals surface area contributed by atoms with E-state index in [4.69, 9.17) is 11.6 Å². The van der Waals surface area contributed by atoms with Crippen LogP contribution in [0.25, 0.3) is 5.78 Å². The van der Waals surface area contributed by atoms with Gasteiger partial charge in [0.25, 0.3) is 5.91 Å². The zero-order chi connectivity index (χ0) is 14.8. The number of hydrogen-bond acceptors (Lipinski definition) is 3. The molecule has 2 aromatic heterocycles. The second-order valence-corrected chi connectivity index (χ2v) is 4.79. The van der Waals surface area contributed by atoms with Crippen LogP contribution in [0.2, 0.25) is 5.02 Å². The van der Waals surface area contributed by atoms with Gasteiger partial charge in [0.15, 0.2) is 0 Å². The van der Waals surface area contributed by atoms with Crippen molar-refractivity contribution in [3.8, 4) is 0 Å². The molecule has 3 rings (SSSR count). The maximum Gasteiger partial charge on any atom is 0.271 e. The number of hydrogen-bond donors (Lipinski definition) is 1. The predicted octanol–water partition coefficient (Wildman–Crippen LogP) is 2.45. The highest BCUT2D eigenvalue weighted by atomic mass is 35.5. The molecular formula is C14H10ClFN4O. The molecule has 0 saturated carbocycles. The van der Waals surface area contributed by atoms with Crippen molar-refractivity contribution in [1.29, 1.82) is 0 Å². The van der Waals surface area contributed by atoms with E-state index < -0.39 is 5.82 Å². The van der Waals surface area contributed by atoms with E-state index >= 15 is 0 Å². The van der Waals surface area contributed by atoms with Crippen molar-refractivity contribution in [2.45, 2.75) is 6.54 Å². The molecule has 0 saturated heterocycles. The summed E-state index contributed by atoms with van der Waals surface area (Å²) >= 11 is 5.69. The molecule has 0 aliphatic rings. The first-order valence-corrected chi connectivity index (χ1v) is 6.53. The molecule has 7 heteroatoms. The Morgan fingerprint density at radius 3 is 3.05 bits per heavy atom. The molecule has 2 heterocycles. The lowest BCUT2D eigenvalue weighted by atomic mass is 10.2. The summed E-state index contributed by atoms with van der Waals surface area (Å²) in [6, 6.07) is 6.05. The van der Waals surface area contributed by atoms with Crippen molar-refractivity contribution < 1.29 is 9.18 Å². The van der Waals surface area contributed by atoms with Crippen LogP contribution in [0.5, 0.6) is 0 Å². The summed E-state index contributed by atoms with van der Waals surface area (Å²) in [6.07, 6.45) is 4.95. The van der Waals surface area contributed by atoms with Crippen LogP contribution in [0.15, 0.2) is 42.9 Å². The summed E-state index contributed by atoms with van der Waals surface area (Å²) in [6.45, 7) is 0.236. The molecule has 0 bridgehead atoms. The number of benzene rings is 1. The molecule has 0 spiro atoms. The fourth-order valence-electron chi connectivity index (χ4n) is 1.86. The average Bonchev–Trinajstić information content (AvgIpc) is 2.92. The maximum absolute atomic E-state index is 13.0. The molecule has 5 nitrogen and oxygen atoms in total. The highest BCUT2D eigenvalue weighted by molar-refractivity contribution is 6.30. The summed E-state index contributed by atoms with van der Waals surface area (Å²) < 4.78 is 14.7. The Bertz CT molecular complexity index is 785. The number of fused-ring (bicyclic) bond motifs is 1. The number of nitrogens with zero attached hydrogens (tertiary/aromatic N) is 3. The van der Waals surface area contributed by atoms with Gasteiger partial charge in [-0.15, -0.1) is 0 Å². The first-order chi connectivity index (χ1) is 10.1. The number of amides is 1. The number of carbonyl (C=O) groups excluding carboxylic acids is 1. The van der Waals surface area contributed by atoms with Gasteiger partial charge in [-0.1, -0.05) is 17.7 Å². The van der Waals surface area contributed by atoms with E-state index in [1.165, 1.54) is 12.1 Å². The Morgan fingerprint density at radius 2 is 2.29 bits per heavy atom. The minimum absolute atomic E-state index is 0.0266. The molecule has 0 atom stereocenters. The molecule has 1 amide bonds. The van der Waals surface area contributed by atoms with Crippen LogP contribution in [0.3, 0.4) is 0 Å². The van der Waals surface area contributed by atoms with E-state index in [0.29, 0.717) is 11.3 Å². The number of halogens is 2. The van der Waals surface area contributed by atoms with E-state index in [1.807, 2.05) is 0 Å². The fraction of sp³-hybridized carbons (Fsp3) is 0.0714. The Balaban J connectivity index is 1.72. The largest absolute Gasteiger partial charge is 0.347 e. The highest BCUT2D eigenvalue weighted by Crippen LogP contribution is 2.15. The number of imidazole rings is 1. The van der Waals surface area contributed by atoms with Crippen LogP contribution >= 0.6 is 11.6 Å². The van der Waals surface area contributed by atoms with Crippen LogP contribution in [0.4, 0.5) is 4.39 Å². The number of nitrogens with one attached hydrogen (secondary N) is 1.